The molecule has 7 heteroatoms. The molecule has 0 bridgehead atoms. The van der Waals surface area contributed by atoms with Gasteiger partial charge in [0.15, 0.2) is 0 Å². The maximum Gasteiger partial charge on any atom is 0.304 e. The van der Waals surface area contributed by atoms with E-state index in [9.17, 15) is 9.59 Å². The predicted octanol–water partition coefficient (Wildman–Crippen LogP) is 2.22. The van der Waals surface area contributed by atoms with Gasteiger partial charge in [-0.25, -0.2) is 0 Å². The Bertz CT molecular complexity index is 425. The van der Waals surface area contributed by atoms with Crippen molar-refractivity contribution in [1.29, 1.82) is 0 Å². The molecule has 1 aromatic rings. The van der Waals surface area contributed by atoms with E-state index in [1.165, 1.54) is 0 Å². The van der Waals surface area contributed by atoms with E-state index in [-0.39, 0.29) is 31.3 Å². The Kier molecular flexibility index (Phi) is 8.38. The molecule has 1 aromatic carbocycles. The van der Waals surface area contributed by atoms with E-state index >= 15 is 0 Å². The van der Waals surface area contributed by atoms with Crippen molar-refractivity contribution >= 4 is 45.9 Å². The van der Waals surface area contributed by atoms with E-state index in [0.29, 0.717) is 6.54 Å². The van der Waals surface area contributed by atoms with Crippen molar-refractivity contribution in [1.82, 2.24) is 4.90 Å². The van der Waals surface area contributed by atoms with Crippen molar-refractivity contribution < 1.29 is 14.7 Å². The number of carboxylic acids is 1. The lowest BCUT2D eigenvalue weighted by molar-refractivity contribution is -0.137. The lowest BCUT2D eigenvalue weighted by atomic mass is 10.3. The van der Waals surface area contributed by atoms with Gasteiger partial charge >= 0.3 is 5.97 Å². The summed E-state index contributed by atoms with van der Waals surface area (Å²) in [5.41, 5.74) is 0.717. The number of benzene rings is 1. The molecule has 106 valence electrons. The van der Waals surface area contributed by atoms with E-state index in [1.54, 1.807) is 24.1 Å². The molecule has 0 atom stereocenters. The maximum absolute atomic E-state index is 11.6. The molecule has 0 saturated heterocycles. The van der Waals surface area contributed by atoms with Crippen LogP contribution in [0.15, 0.2) is 28.7 Å². The number of carbonyl (C=O) groups excluding carboxylic acids is 1. The van der Waals surface area contributed by atoms with Crippen LogP contribution in [0.2, 0.25) is 0 Å². The van der Waals surface area contributed by atoms with Gasteiger partial charge < -0.3 is 10.4 Å². The van der Waals surface area contributed by atoms with Crippen LogP contribution in [-0.2, 0) is 9.59 Å². The third-order valence-electron chi connectivity index (χ3n) is 2.25. The van der Waals surface area contributed by atoms with Gasteiger partial charge in [-0.2, -0.15) is 0 Å². The van der Waals surface area contributed by atoms with E-state index < -0.39 is 5.97 Å². The Balaban J connectivity index is 0.00000324. The van der Waals surface area contributed by atoms with Crippen molar-refractivity contribution in [2.75, 3.05) is 25.5 Å². The van der Waals surface area contributed by atoms with Gasteiger partial charge in [0, 0.05) is 16.7 Å². The van der Waals surface area contributed by atoms with Crippen LogP contribution in [0, 0.1) is 0 Å². The fourth-order valence-corrected chi connectivity index (χ4v) is 1.61. The SMILES string of the molecule is CN(CCC(=O)O)CC(=O)Nc1ccc(Br)cc1.Cl. The molecule has 0 aliphatic carbocycles. The number of hydrogen-bond acceptors (Lipinski definition) is 3. The van der Waals surface area contributed by atoms with Crippen molar-refractivity contribution in [3.05, 3.63) is 28.7 Å². The first kappa shape index (κ1) is 17.9. The average Bonchev–Trinajstić information content (AvgIpc) is 2.29. The summed E-state index contributed by atoms with van der Waals surface area (Å²) in [6.07, 6.45) is 0.0298. The number of anilines is 1. The highest BCUT2D eigenvalue weighted by Gasteiger charge is 2.08. The molecular weight excluding hydrogens is 336 g/mol. The zero-order valence-corrected chi connectivity index (χ0v) is 12.8. The predicted molar refractivity (Wildman–Crippen MR) is 79.8 cm³/mol. The number of nitrogens with one attached hydrogen (secondary N) is 1. The molecule has 0 saturated carbocycles. The number of nitrogens with zero attached hydrogens (tertiary/aromatic N) is 1. The van der Waals surface area contributed by atoms with Crippen LogP contribution >= 0.6 is 28.3 Å². The van der Waals surface area contributed by atoms with Crippen LogP contribution in [0.4, 0.5) is 5.69 Å². The quantitative estimate of drug-likeness (QED) is 0.824. The summed E-state index contributed by atoms with van der Waals surface area (Å²) < 4.78 is 0.944. The van der Waals surface area contributed by atoms with E-state index in [4.69, 9.17) is 5.11 Å². The highest BCUT2D eigenvalue weighted by Crippen LogP contribution is 2.13. The van der Waals surface area contributed by atoms with Crippen LogP contribution in [0.3, 0.4) is 0 Å². The summed E-state index contributed by atoms with van der Waals surface area (Å²) in [7, 11) is 1.71. The molecule has 1 amide bonds. The standard InChI is InChI=1S/C12H15BrN2O3.ClH/c1-15(7-6-12(17)18)8-11(16)14-10-4-2-9(13)3-5-10;/h2-5H,6-8H2,1H3,(H,14,16)(H,17,18);1H. The van der Waals surface area contributed by atoms with Crippen LogP contribution in [0.25, 0.3) is 0 Å². The van der Waals surface area contributed by atoms with E-state index in [1.807, 2.05) is 12.1 Å². The molecule has 19 heavy (non-hydrogen) atoms. The molecule has 5 nitrogen and oxygen atoms in total. The summed E-state index contributed by atoms with van der Waals surface area (Å²) >= 11 is 3.31. The van der Waals surface area contributed by atoms with Crippen LogP contribution in [0.1, 0.15) is 6.42 Å². The van der Waals surface area contributed by atoms with Crippen LogP contribution < -0.4 is 5.32 Å². The molecule has 0 fully saturated rings. The molecule has 0 radical (unpaired) electrons. The summed E-state index contributed by atoms with van der Waals surface area (Å²) in [4.78, 5) is 23.7. The summed E-state index contributed by atoms with van der Waals surface area (Å²) in [5, 5.41) is 11.3. The number of carboxylic acid groups (broad SMARTS) is 1. The Morgan fingerprint density at radius 3 is 2.42 bits per heavy atom. The lowest BCUT2D eigenvalue weighted by Gasteiger charge is -2.14. The van der Waals surface area contributed by atoms with Crippen molar-refractivity contribution in [3.63, 3.8) is 0 Å². The van der Waals surface area contributed by atoms with Crippen LogP contribution in [0.5, 0.6) is 0 Å². The Morgan fingerprint density at radius 2 is 1.89 bits per heavy atom. The lowest BCUT2D eigenvalue weighted by Crippen LogP contribution is -2.31. The second-order valence-corrected chi connectivity index (χ2v) is 4.85. The molecule has 0 aliphatic rings. The fourth-order valence-electron chi connectivity index (χ4n) is 1.34. The highest BCUT2D eigenvalue weighted by atomic mass is 79.9. The first-order valence-corrected chi connectivity index (χ1v) is 6.22. The zero-order valence-electron chi connectivity index (χ0n) is 10.4. The van der Waals surface area contributed by atoms with Gasteiger partial charge in [0.25, 0.3) is 0 Å². The molecular formula is C12H16BrClN2O3. The Morgan fingerprint density at radius 1 is 1.32 bits per heavy atom. The van der Waals surface area contributed by atoms with E-state index in [2.05, 4.69) is 21.2 Å². The van der Waals surface area contributed by atoms with Gasteiger partial charge in [-0.3, -0.25) is 14.5 Å². The van der Waals surface area contributed by atoms with Crippen molar-refractivity contribution in [3.8, 4) is 0 Å². The zero-order chi connectivity index (χ0) is 13.5. The third kappa shape index (κ3) is 7.81. The van der Waals surface area contributed by atoms with Crippen molar-refractivity contribution in [2.45, 2.75) is 6.42 Å². The molecule has 1 rings (SSSR count). The van der Waals surface area contributed by atoms with Gasteiger partial charge in [-0.05, 0) is 31.3 Å². The molecule has 0 aromatic heterocycles. The highest BCUT2D eigenvalue weighted by molar-refractivity contribution is 9.10. The second kappa shape index (κ2) is 8.90. The summed E-state index contributed by atoms with van der Waals surface area (Å²) in [5.74, 6) is -1.03. The first-order chi connectivity index (χ1) is 8.47. The molecule has 0 aliphatic heterocycles. The first-order valence-electron chi connectivity index (χ1n) is 5.43. The third-order valence-corrected chi connectivity index (χ3v) is 2.78. The smallest absolute Gasteiger partial charge is 0.304 e. The van der Waals surface area contributed by atoms with Gasteiger partial charge in [0.05, 0.1) is 13.0 Å². The number of rotatable bonds is 6. The van der Waals surface area contributed by atoms with Gasteiger partial charge in [0.1, 0.15) is 0 Å². The minimum atomic E-state index is -0.866. The Labute approximate surface area is 126 Å². The number of aliphatic carboxylic acids is 1. The normalized spacial score (nSPS) is 9.84. The molecule has 0 unspecified atom stereocenters. The topological polar surface area (TPSA) is 69.6 Å². The van der Waals surface area contributed by atoms with Gasteiger partial charge in [-0.15, -0.1) is 12.4 Å². The Hall–Kier alpha value is -1.11. The molecule has 0 heterocycles. The minimum Gasteiger partial charge on any atom is -0.481 e. The number of halogens is 2. The fraction of sp³-hybridized carbons (Fsp3) is 0.333. The largest absolute Gasteiger partial charge is 0.481 e. The van der Waals surface area contributed by atoms with Gasteiger partial charge in [0.2, 0.25) is 5.91 Å². The number of amides is 1. The van der Waals surface area contributed by atoms with Gasteiger partial charge in [-0.1, -0.05) is 15.9 Å². The van der Waals surface area contributed by atoms with Crippen molar-refractivity contribution in [2.24, 2.45) is 0 Å². The maximum atomic E-state index is 11.6. The molecule has 0 spiro atoms. The van der Waals surface area contributed by atoms with Crippen LogP contribution in [-0.4, -0.2) is 42.0 Å². The number of likely N-dealkylation sites (N-methyl/N-ethyl adjacent to an activating group) is 1. The minimum absolute atomic E-state index is 0. The summed E-state index contributed by atoms with van der Waals surface area (Å²) in [6.45, 7) is 0.520. The average molecular weight is 352 g/mol. The summed E-state index contributed by atoms with van der Waals surface area (Å²) in [6, 6.07) is 7.26. The number of hydrogen-bond donors (Lipinski definition) is 2. The number of carbonyl (C=O) groups is 2. The molecule has 2 N–H and O–H groups in total. The monoisotopic (exact) mass is 350 g/mol. The second-order valence-electron chi connectivity index (χ2n) is 3.94. The van der Waals surface area contributed by atoms with E-state index in [0.717, 1.165) is 10.2 Å².